The number of hydrogen-bond donors (Lipinski definition) is 1. The minimum atomic E-state index is -0.166. The van der Waals surface area contributed by atoms with Gasteiger partial charge in [0.15, 0.2) is 4.80 Å². The minimum Gasteiger partial charge on any atom is -0.493 e. The highest BCUT2D eigenvalue weighted by Gasteiger charge is 2.17. The van der Waals surface area contributed by atoms with Crippen LogP contribution in [-0.2, 0) is 23.0 Å². The molecule has 1 heterocycles. The van der Waals surface area contributed by atoms with Crippen molar-refractivity contribution in [2.45, 2.75) is 45.4 Å². The molecule has 0 unspecified atom stereocenters. The van der Waals surface area contributed by atoms with E-state index in [-0.39, 0.29) is 5.97 Å². The Kier molecular flexibility index (Phi) is 6.76. The summed E-state index contributed by atoms with van der Waals surface area (Å²) < 4.78 is 14.4. The van der Waals surface area contributed by atoms with Gasteiger partial charge in [0.1, 0.15) is 5.75 Å². The smallest absolute Gasteiger partial charge is 0.306 e. The van der Waals surface area contributed by atoms with E-state index < -0.39 is 0 Å². The van der Waals surface area contributed by atoms with Crippen LogP contribution in [0.3, 0.4) is 0 Å². The third-order valence-corrected chi connectivity index (χ3v) is 7.07. The second-order valence-corrected chi connectivity index (χ2v) is 9.28. The van der Waals surface area contributed by atoms with E-state index in [4.69, 9.17) is 14.9 Å². The molecule has 164 valence electrons. The second-order valence-electron chi connectivity index (χ2n) is 8.25. The van der Waals surface area contributed by atoms with Crippen molar-refractivity contribution >= 4 is 27.5 Å². The lowest BCUT2D eigenvalue weighted by Crippen LogP contribution is -2.09. The average Bonchev–Trinajstić information content (AvgIpc) is 3.39. The number of thiazole rings is 1. The first kappa shape index (κ1) is 21.6. The summed E-state index contributed by atoms with van der Waals surface area (Å²) in [5.74, 6) is 1.36. The topological polar surface area (TPSA) is 64.3 Å². The lowest BCUT2D eigenvalue weighted by molar-refractivity contribution is -0.143. The van der Waals surface area contributed by atoms with Crippen molar-refractivity contribution in [2.24, 2.45) is 13.0 Å². The predicted molar refractivity (Wildman–Crippen MR) is 124 cm³/mol. The van der Waals surface area contributed by atoms with Crippen LogP contribution in [0.5, 0.6) is 5.75 Å². The van der Waals surface area contributed by atoms with Gasteiger partial charge in [0.2, 0.25) is 0 Å². The summed E-state index contributed by atoms with van der Waals surface area (Å²) in [6, 6.07) is 12.6. The van der Waals surface area contributed by atoms with Crippen LogP contribution in [0.1, 0.15) is 44.6 Å². The number of fused-ring (bicyclic) bond motifs is 1. The Labute approximate surface area is 187 Å². The molecule has 1 N–H and O–H groups in total. The predicted octanol–water partition coefficient (Wildman–Crippen LogP) is 5.45. The summed E-state index contributed by atoms with van der Waals surface area (Å²) in [5.41, 5.74) is 4.28. The molecule has 1 aromatic heterocycles. The van der Waals surface area contributed by atoms with Gasteiger partial charge in [-0.3, -0.25) is 10.2 Å². The Balaban J connectivity index is 1.64. The van der Waals surface area contributed by atoms with Crippen molar-refractivity contribution in [1.82, 2.24) is 4.57 Å². The van der Waals surface area contributed by atoms with Crippen molar-refractivity contribution in [2.75, 3.05) is 13.2 Å². The molecular formula is C25H30N2O3S. The standard InChI is InChI=1S/C25H30N2O3S/c1-3-29-24(28)13-9-17-8-12-22(30-16-18-6-4-5-7-18)20(14-17)19-10-11-21-23(15-19)31-25(26)27(21)2/h8,10-12,14-15,18,26H,3-7,9,13,16H2,1-2H3. The van der Waals surface area contributed by atoms with Gasteiger partial charge < -0.3 is 14.0 Å². The van der Waals surface area contributed by atoms with Crippen LogP contribution in [0, 0.1) is 11.3 Å². The number of benzene rings is 2. The van der Waals surface area contributed by atoms with Gasteiger partial charge in [-0.15, -0.1) is 0 Å². The van der Waals surface area contributed by atoms with E-state index in [1.54, 1.807) is 0 Å². The second kappa shape index (κ2) is 9.69. The maximum Gasteiger partial charge on any atom is 0.306 e. The third-order valence-electron chi connectivity index (χ3n) is 6.06. The maximum absolute atomic E-state index is 11.8. The Morgan fingerprint density at radius 2 is 2.00 bits per heavy atom. The SMILES string of the molecule is CCOC(=O)CCc1ccc(OCC2CCCC2)c(-c2ccc3c(c2)sc(=N)n3C)c1. The van der Waals surface area contributed by atoms with E-state index in [9.17, 15) is 4.79 Å². The first-order valence-electron chi connectivity index (χ1n) is 11.1. The Morgan fingerprint density at radius 1 is 1.19 bits per heavy atom. The van der Waals surface area contributed by atoms with Crippen LogP contribution in [0.15, 0.2) is 36.4 Å². The first-order chi connectivity index (χ1) is 15.0. The van der Waals surface area contributed by atoms with Crippen molar-refractivity contribution in [3.8, 4) is 16.9 Å². The maximum atomic E-state index is 11.8. The van der Waals surface area contributed by atoms with Gasteiger partial charge >= 0.3 is 5.97 Å². The van der Waals surface area contributed by atoms with E-state index in [2.05, 4.69) is 30.3 Å². The number of esters is 1. The first-order valence-corrected chi connectivity index (χ1v) is 11.9. The number of ether oxygens (including phenoxy) is 2. The third kappa shape index (κ3) is 5.01. The molecule has 2 aromatic carbocycles. The molecular weight excluding hydrogens is 408 g/mol. The Morgan fingerprint density at radius 3 is 2.77 bits per heavy atom. The fourth-order valence-electron chi connectivity index (χ4n) is 4.27. The molecule has 3 aromatic rings. The number of carbonyl (C=O) groups excluding carboxylic acids is 1. The fraction of sp³-hybridized carbons (Fsp3) is 0.440. The van der Waals surface area contributed by atoms with Gasteiger partial charge in [0.25, 0.3) is 0 Å². The summed E-state index contributed by atoms with van der Waals surface area (Å²) in [6.07, 6.45) is 6.11. The van der Waals surface area contributed by atoms with E-state index >= 15 is 0 Å². The normalized spacial score (nSPS) is 14.3. The number of hydrogen-bond acceptors (Lipinski definition) is 5. The number of nitrogens with zero attached hydrogens (tertiary/aromatic N) is 1. The highest BCUT2D eigenvalue weighted by molar-refractivity contribution is 7.16. The molecule has 1 saturated carbocycles. The van der Waals surface area contributed by atoms with Gasteiger partial charge in [-0.2, -0.15) is 0 Å². The van der Waals surface area contributed by atoms with Crippen LogP contribution in [0.25, 0.3) is 21.3 Å². The van der Waals surface area contributed by atoms with E-state index in [1.807, 2.05) is 24.6 Å². The van der Waals surface area contributed by atoms with Crippen LogP contribution < -0.4 is 9.54 Å². The van der Waals surface area contributed by atoms with Crippen LogP contribution in [0.4, 0.5) is 0 Å². The molecule has 1 aliphatic rings. The molecule has 0 amide bonds. The lowest BCUT2D eigenvalue weighted by Gasteiger charge is -2.16. The summed E-state index contributed by atoms with van der Waals surface area (Å²) in [4.78, 5) is 12.3. The summed E-state index contributed by atoms with van der Waals surface area (Å²) in [7, 11) is 1.92. The van der Waals surface area contributed by atoms with E-state index in [0.29, 0.717) is 30.2 Å². The van der Waals surface area contributed by atoms with Gasteiger partial charge in [0, 0.05) is 19.0 Å². The van der Waals surface area contributed by atoms with E-state index in [0.717, 1.165) is 39.3 Å². The average molecular weight is 439 g/mol. The molecule has 0 radical (unpaired) electrons. The number of carbonyl (C=O) groups is 1. The molecule has 0 bridgehead atoms. The molecule has 0 aliphatic heterocycles. The molecule has 5 nitrogen and oxygen atoms in total. The molecule has 0 saturated heterocycles. The highest BCUT2D eigenvalue weighted by atomic mass is 32.1. The van der Waals surface area contributed by atoms with Crippen molar-refractivity contribution in [1.29, 1.82) is 5.41 Å². The number of aromatic nitrogens is 1. The molecule has 1 aliphatic carbocycles. The van der Waals surface area contributed by atoms with Crippen LogP contribution >= 0.6 is 11.3 Å². The van der Waals surface area contributed by atoms with Gasteiger partial charge in [0.05, 0.1) is 23.4 Å². The summed E-state index contributed by atoms with van der Waals surface area (Å²) >= 11 is 1.48. The zero-order valence-corrected chi connectivity index (χ0v) is 19.1. The van der Waals surface area contributed by atoms with Crippen molar-refractivity contribution in [3.63, 3.8) is 0 Å². The summed E-state index contributed by atoms with van der Waals surface area (Å²) in [5, 5.41) is 8.10. The molecule has 4 rings (SSSR count). The van der Waals surface area contributed by atoms with Crippen LogP contribution in [-0.4, -0.2) is 23.8 Å². The minimum absolute atomic E-state index is 0.166. The molecule has 1 fully saturated rings. The van der Waals surface area contributed by atoms with Gasteiger partial charge in [-0.25, -0.2) is 0 Å². The molecule has 0 atom stereocenters. The van der Waals surface area contributed by atoms with Crippen molar-refractivity contribution < 1.29 is 14.3 Å². The number of nitrogens with one attached hydrogen (secondary N) is 1. The Bertz CT molecular complexity index is 1130. The van der Waals surface area contributed by atoms with Gasteiger partial charge in [-0.1, -0.05) is 36.3 Å². The highest BCUT2D eigenvalue weighted by Crippen LogP contribution is 2.35. The lowest BCUT2D eigenvalue weighted by atomic mass is 9.99. The number of aryl methyl sites for hydroxylation is 2. The monoisotopic (exact) mass is 438 g/mol. The zero-order chi connectivity index (χ0) is 21.8. The van der Waals surface area contributed by atoms with Crippen molar-refractivity contribution in [3.05, 3.63) is 46.8 Å². The number of rotatable bonds is 8. The van der Waals surface area contributed by atoms with Crippen LogP contribution in [0.2, 0.25) is 0 Å². The summed E-state index contributed by atoms with van der Waals surface area (Å²) in [6.45, 7) is 2.99. The van der Waals surface area contributed by atoms with E-state index in [1.165, 1.54) is 37.0 Å². The molecule has 0 spiro atoms. The largest absolute Gasteiger partial charge is 0.493 e. The molecule has 31 heavy (non-hydrogen) atoms. The molecule has 6 heteroatoms. The fourth-order valence-corrected chi connectivity index (χ4v) is 5.21. The quantitative estimate of drug-likeness (QED) is 0.476. The van der Waals surface area contributed by atoms with Gasteiger partial charge in [-0.05, 0) is 67.5 Å². The Hall–Kier alpha value is -2.60. The zero-order valence-electron chi connectivity index (χ0n) is 18.3.